The van der Waals surface area contributed by atoms with Crippen LogP contribution in [-0.4, -0.2) is 22.3 Å². The van der Waals surface area contributed by atoms with Gasteiger partial charge in [-0.3, -0.25) is 10.1 Å². The van der Waals surface area contributed by atoms with Crippen LogP contribution in [0.15, 0.2) is 17.4 Å². The molecule has 0 aromatic carbocycles. The van der Waals surface area contributed by atoms with Crippen molar-refractivity contribution in [1.29, 1.82) is 0 Å². The second kappa shape index (κ2) is 5.23. The fourth-order valence-corrected chi connectivity index (χ4v) is 1.04. The molecule has 1 heterocycles. The summed E-state index contributed by atoms with van der Waals surface area (Å²) in [7, 11) is 1.87. The molecule has 0 radical (unpaired) electrons. The van der Waals surface area contributed by atoms with Crippen molar-refractivity contribution in [3.8, 4) is 0 Å². The molecular formula is C8H16N6. The second-order valence-corrected chi connectivity index (χ2v) is 2.86. The first-order chi connectivity index (χ1) is 6.76. The number of aliphatic imine (C=N–C) groups is 1. The van der Waals surface area contributed by atoms with Crippen LogP contribution in [0.25, 0.3) is 0 Å². The van der Waals surface area contributed by atoms with Gasteiger partial charge in [-0.1, -0.05) is 0 Å². The van der Waals surface area contributed by atoms with Crippen LogP contribution >= 0.6 is 0 Å². The van der Waals surface area contributed by atoms with Crippen LogP contribution in [-0.2, 0) is 13.6 Å². The number of guanidine groups is 1. The van der Waals surface area contributed by atoms with Crippen molar-refractivity contribution in [2.75, 3.05) is 6.54 Å². The van der Waals surface area contributed by atoms with E-state index in [1.54, 1.807) is 10.9 Å². The topological polar surface area (TPSA) is 80.3 Å². The van der Waals surface area contributed by atoms with Gasteiger partial charge in [0.1, 0.15) is 0 Å². The molecule has 0 aliphatic rings. The van der Waals surface area contributed by atoms with E-state index in [1.807, 2.05) is 20.2 Å². The lowest BCUT2D eigenvalue weighted by molar-refractivity contribution is 0.766. The van der Waals surface area contributed by atoms with Gasteiger partial charge in [-0.15, -0.1) is 0 Å². The van der Waals surface area contributed by atoms with Crippen LogP contribution in [0.2, 0.25) is 0 Å². The van der Waals surface area contributed by atoms with Gasteiger partial charge in [-0.25, -0.2) is 10.8 Å². The third-order valence-electron chi connectivity index (χ3n) is 1.66. The van der Waals surface area contributed by atoms with E-state index in [-0.39, 0.29) is 0 Å². The number of hydrogen-bond donors (Lipinski definition) is 3. The number of aromatic nitrogens is 2. The molecule has 0 atom stereocenters. The Morgan fingerprint density at radius 2 is 2.50 bits per heavy atom. The van der Waals surface area contributed by atoms with Crippen molar-refractivity contribution in [2.45, 2.75) is 13.5 Å². The molecule has 0 unspecified atom stereocenters. The number of nitrogens with zero attached hydrogens (tertiary/aromatic N) is 3. The number of hydrogen-bond acceptors (Lipinski definition) is 3. The third-order valence-corrected chi connectivity index (χ3v) is 1.66. The molecule has 1 rings (SSSR count). The van der Waals surface area contributed by atoms with Gasteiger partial charge in [0, 0.05) is 25.4 Å². The summed E-state index contributed by atoms with van der Waals surface area (Å²) >= 11 is 0. The Morgan fingerprint density at radius 3 is 3.00 bits per heavy atom. The minimum atomic E-state index is 0.570. The smallest absolute Gasteiger partial charge is 0.206 e. The molecule has 0 spiro atoms. The standard InChI is InChI=1S/C8H16N6/c1-3-10-8(13-9)11-4-7-5-12-14(2)6-7/h5-6H,3-4,9H2,1-2H3,(H2,10,11,13). The van der Waals surface area contributed by atoms with Gasteiger partial charge in [0.05, 0.1) is 12.7 Å². The maximum absolute atomic E-state index is 5.26. The summed E-state index contributed by atoms with van der Waals surface area (Å²) in [6.45, 7) is 3.34. The summed E-state index contributed by atoms with van der Waals surface area (Å²) in [6, 6.07) is 0. The van der Waals surface area contributed by atoms with E-state index in [0.717, 1.165) is 12.1 Å². The molecule has 0 saturated heterocycles. The van der Waals surface area contributed by atoms with Crippen molar-refractivity contribution in [3.05, 3.63) is 18.0 Å². The molecule has 1 aromatic heterocycles. The van der Waals surface area contributed by atoms with E-state index in [1.165, 1.54) is 0 Å². The van der Waals surface area contributed by atoms with Gasteiger partial charge >= 0.3 is 0 Å². The zero-order chi connectivity index (χ0) is 10.4. The Labute approximate surface area is 83.2 Å². The quantitative estimate of drug-likeness (QED) is 0.260. The molecular weight excluding hydrogens is 180 g/mol. The molecule has 1 aromatic rings. The van der Waals surface area contributed by atoms with Crippen LogP contribution < -0.4 is 16.6 Å². The average molecular weight is 196 g/mol. The van der Waals surface area contributed by atoms with Crippen molar-refractivity contribution in [3.63, 3.8) is 0 Å². The monoisotopic (exact) mass is 196 g/mol. The SMILES string of the molecule is CCNC(=NCc1cnn(C)c1)NN. The zero-order valence-corrected chi connectivity index (χ0v) is 8.49. The van der Waals surface area contributed by atoms with Crippen molar-refractivity contribution in [1.82, 2.24) is 20.5 Å². The van der Waals surface area contributed by atoms with E-state index in [2.05, 4.69) is 20.8 Å². The largest absolute Gasteiger partial charge is 0.356 e. The summed E-state index contributed by atoms with van der Waals surface area (Å²) in [4.78, 5) is 4.23. The van der Waals surface area contributed by atoms with E-state index in [9.17, 15) is 0 Å². The van der Waals surface area contributed by atoms with E-state index in [0.29, 0.717) is 12.5 Å². The van der Waals surface area contributed by atoms with Gasteiger partial charge in [0.25, 0.3) is 0 Å². The van der Waals surface area contributed by atoms with Gasteiger partial charge in [-0.2, -0.15) is 5.10 Å². The lowest BCUT2D eigenvalue weighted by Gasteiger charge is -2.05. The molecule has 14 heavy (non-hydrogen) atoms. The Bertz CT molecular complexity index is 303. The third kappa shape index (κ3) is 3.06. The zero-order valence-electron chi connectivity index (χ0n) is 8.49. The number of rotatable bonds is 3. The summed E-state index contributed by atoms with van der Waals surface area (Å²) in [5.41, 5.74) is 3.55. The summed E-state index contributed by atoms with van der Waals surface area (Å²) in [6.07, 6.45) is 3.70. The highest BCUT2D eigenvalue weighted by atomic mass is 15.3. The number of nitrogens with two attached hydrogens (primary N) is 1. The van der Waals surface area contributed by atoms with Crippen LogP contribution in [0, 0.1) is 0 Å². The Morgan fingerprint density at radius 1 is 1.71 bits per heavy atom. The van der Waals surface area contributed by atoms with Crippen molar-refractivity contribution < 1.29 is 0 Å². The Hall–Kier alpha value is -1.56. The summed E-state index contributed by atoms with van der Waals surface area (Å²) in [5.74, 6) is 5.86. The highest BCUT2D eigenvalue weighted by Crippen LogP contribution is 1.97. The lowest BCUT2D eigenvalue weighted by atomic mass is 10.4. The molecule has 0 saturated carbocycles. The Balaban J connectivity index is 2.51. The molecule has 0 amide bonds. The average Bonchev–Trinajstić information content (AvgIpc) is 2.59. The minimum absolute atomic E-state index is 0.570. The predicted octanol–water partition coefficient (Wildman–Crippen LogP) is -0.651. The van der Waals surface area contributed by atoms with Gasteiger partial charge in [-0.05, 0) is 6.92 Å². The van der Waals surface area contributed by atoms with Crippen LogP contribution in [0.1, 0.15) is 12.5 Å². The van der Waals surface area contributed by atoms with Crippen molar-refractivity contribution >= 4 is 5.96 Å². The predicted molar refractivity (Wildman–Crippen MR) is 55.3 cm³/mol. The highest BCUT2D eigenvalue weighted by Gasteiger charge is 1.96. The first-order valence-electron chi connectivity index (χ1n) is 4.48. The highest BCUT2D eigenvalue weighted by molar-refractivity contribution is 5.79. The number of hydrazine groups is 1. The molecule has 0 aliphatic carbocycles. The maximum atomic E-state index is 5.26. The van der Waals surface area contributed by atoms with E-state index < -0.39 is 0 Å². The van der Waals surface area contributed by atoms with Gasteiger partial charge < -0.3 is 5.32 Å². The second-order valence-electron chi connectivity index (χ2n) is 2.86. The van der Waals surface area contributed by atoms with E-state index >= 15 is 0 Å². The molecule has 0 aliphatic heterocycles. The number of nitrogens with one attached hydrogen (secondary N) is 2. The molecule has 4 N–H and O–H groups in total. The molecule has 0 bridgehead atoms. The lowest BCUT2D eigenvalue weighted by Crippen LogP contribution is -2.41. The molecule has 6 heteroatoms. The molecule has 78 valence electrons. The molecule has 6 nitrogen and oxygen atoms in total. The van der Waals surface area contributed by atoms with Crippen LogP contribution in [0.3, 0.4) is 0 Å². The minimum Gasteiger partial charge on any atom is -0.356 e. The first-order valence-corrected chi connectivity index (χ1v) is 4.48. The van der Waals surface area contributed by atoms with Gasteiger partial charge in [0.2, 0.25) is 5.96 Å². The van der Waals surface area contributed by atoms with E-state index in [4.69, 9.17) is 5.84 Å². The maximum Gasteiger partial charge on any atom is 0.206 e. The summed E-state index contributed by atoms with van der Waals surface area (Å²) < 4.78 is 1.74. The summed E-state index contributed by atoms with van der Waals surface area (Å²) in [5, 5.41) is 7.04. The van der Waals surface area contributed by atoms with Crippen LogP contribution in [0.5, 0.6) is 0 Å². The fourth-order valence-electron chi connectivity index (χ4n) is 1.04. The Kier molecular flexibility index (Phi) is 3.93. The van der Waals surface area contributed by atoms with Crippen LogP contribution in [0.4, 0.5) is 0 Å². The normalized spacial score (nSPS) is 11.5. The fraction of sp³-hybridized carbons (Fsp3) is 0.500. The van der Waals surface area contributed by atoms with Gasteiger partial charge in [0.15, 0.2) is 0 Å². The molecule has 0 fully saturated rings. The first kappa shape index (κ1) is 10.5. The van der Waals surface area contributed by atoms with Crippen molar-refractivity contribution in [2.24, 2.45) is 17.9 Å². The number of aryl methyl sites for hydroxylation is 1.